The van der Waals surface area contributed by atoms with Gasteiger partial charge in [-0.3, -0.25) is 0 Å². The van der Waals surface area contributed by atoms with E-state index in [1.807, 2.05) is 30.3 Å². The fourth-order valence-electron chi connectivity index (χ4n) is 3.79. The van der Waals surface area contributed by atoms with Gasteiger partial charge in [-0.2, -0.15) is 0 Å². The van der Waals surface area contributed by atoms with Gasteiger partial charge in [-0.25, -0.2) is 0 Å². The quantitative estimate of drug-likeness (QED) is 0.749. The predicted octanol–water partition coefficient (Wildman–Crippen LogP) is 3.41. The molecule has 0 saturated carbocycles. The van der Waals surface area contributed by atoms with Crippen molar-refractivity contribution in [3.8, 4) is 5.75 Å². The van der Waals surface area contributed by atoms with Gasteiger partial charge in [0, 0.05) is 12.6 Å². The van der Waals surface area contributed by atoms with E-state index >= 15 is 0 Å². The van der Waals surface area contributed by atoms with E-state index in [9.17, 15) is 0 Å². The van der Waals surface area contributed by atoms with Crippen LogP contribution in [-0.2, 0) is 0 Å². The Morgan fingerprint density at radius 1 is 0.909 bits per heavy atom. The molecule has 22 heavy (non-hydrogen) atoms. The van der Waals surface area contributed by atoms with Crippen LogP contribution in [0.15, 0.2) is 30.3 Å². The summed E-state index contributed by atoms with van der Waals surface area (Å²) in [5.74, 6) is 0.992. The van der Waals surface area contributed by atoms with E-state index in [1.54, 1.807) is 0 Å². The molecule has 0 spiro atoms. The molecule has 3 rings (SSSR count). The summed E-state index contributed by atoms with van der Waals surface area (Å²) in [4.78, 5) is 5.37. The highest BCUT2D eigenvalue weighted by atomic mass is 16.5. The van der Waals surface area contributed by atoms with Crippen LogP contribution < -0.4 is 4.74 Å². The zero-order chi connectivity index (χ0) is 15.0. The van der Waals surface area contributed by atoms with E-state index in [2.05, 4.69) is 9.80 Å². The van der Waals surface area contributed by atoms with Crippen molar-refractivity contribution in [1.82, 2.24) is 9.80 Å². The number of benzene rings is 1. The summed E-state index contributed by atoms with van der Waals surface area (Å²) in [6.07, 6.45) is 8.12. The van der Waals surface area contributed by atoms with Crippen LogP contribution in [0.5, 0.6) is 5.75 Å². The lowest BCUT2D eigenvalue weighted by Crippen LogP contribution is -2.46. The molecule has 0 atom stereocenters. The van der Waals surface area contributed by atoms with Gasteiger partial charge in [0.1, 0.15) is 5.75 Å². The molecule has 1 aromatic carbocycles. The number of para-hydroxylation sites is 1. The summed E-state index contributed by atoms with van der Waals surface area (Å²) < 4.78 is 5.78. The Balaban J connectivity index is 1.29. The molecule has 2 saturated heterocycles. The summed E-state index contributed by atoms with van der Waals surface area (Å²) >= 11 is 0. The van der Waals surface area contributed by atoms with Gasteiger partial charge in [0.25, 0.3) is 0 Å². The van der Waals surface area contributed by atoms with E-state index in [1.165, 1.54) is 64.8 Å². The molecular formula is C19H30N2O. The largest absolute Gasteiger partial charge is 0.494 e. The van der Waals surface area contributed by atoms with Gasteiger partial charge < -0.3 is 14.5 Å². The Kier molecular flexibility index (Phi) is 6.14. The first-order valence-corrected chi connectivity index (χ1v) is 9.06. The second-order valence-corrected chi connectivity index (χ2v) is 6.68. The topological polar surface area (TPSA) is 15.7 Å². The van der Waals surface area contributed by atoms with Crippen molar-refractivity contribution < 1.29 is 4.74 Å². The fraction of sp³-hybridized carbons (Fsp3) is 0.684. The van der Waals surface area contributed by atoms with Crippen LogP contribution in [0.25, 0.3) is 0 Å². The van der Waals surface area contributed by atoms with E-state index in [0.717, 1.165) is 24.8 Å². The fourth-order valence-corrected chi connectivity index (χ4v) is 3.79. The lowest BCUT2D eigenvalue weighted by atomic mass is 10.00. The maximum Gasteiger partial charge on any atom is 0.119 e. The van der Waals surface area contributed by atoms with Gasteiger partial charge in [-0.1, -0.05) is 24.6 Å². The SMILES string of the molecule is c1ccc(OCCCN2CCC(N3CCCCC3)CC2)cc1. The van der Waals surface area contributed by atoms with Gasteiger partial charge in [0.05, 0.1) is 6.61 Å². The van der Waals surface area contributed by atoms with Crippen molar-refractivity contribution in [1.29, 1.82) is 0 Å². The number of nitrogens with zero attached hydrogens (tertiary/aromatic N) is 2. The standard InChI is InChI=1S/C19H30N2O/c1-3-8-19(9-4-1)22-17-7-12-20-15-10-18(11-16-20)21-13-5-2-6-14-21/h1,3-4,8-9,18H,2,5-7,10-17H2. The van der Waals surface area contributed by atoms with E-state index in [0.29, 0.717) is 0 Å². The molecular weight excluding hydrogens is 272 g/mol. The first kappa shape index (κ1) is 15.8. The molecule has 3 nitrogen and oxygen atoms in total. The molecule has 0 aliphatic carbocycles. The Morgan fingerprint density at radius 3 is 2.36 bits per heavy atom. The molecule has 2 aliphatic rings. The molecule has 1 aromatic rings. The third kappa shape index (κ3) is 4.72. The highest BCUT2D eigenvalue weighted by molar-refractivity contribution is 5.20. The van der Waals surface area contributed by atoms with Crippen LogP contribution in [0, 0.1) is 0 Å². The van der Waals surface area contributed by atoms with Crippen molar-refractivity contribution in [3.05, 3.63) is 30.3 Å². The lowest BCUT2D eigenvalue weighted by molar-refractivity contribution is 0.0901. The Labute approximate surface area is 135 Å². The number of hydrogen-bond acceptors (Lipinski definition) is 3. The van der Waals surface area contributed by atoms with E-state index in [4.69, 9.17) is 4.74 Å². The Morgan fingerprint density at radius 2 is 1.64 bits per heavy atom. The molecule has 2 aliphatic heterocycles. The monoisotopic (exact) mass is 302 g/mol. The van der Waals surface area contributed by atoms with Crippen LogP contribution in [0.4, 0.5) is 0 Å². The summed E-state index contributed by atoms with van der Waals surface area (Å²) in [6.45, 7) is 7.24. The molecule has 2 fully saturated rings. The van der Waals surface area contributed by atoms with Crippen LogP contribution in [0.3, 0.4) is 0 Å². The number of rotatable bonds is 6. The molecule has 2 heterocycles. The van der Waals surface area contributed by atoms with E-state index < -0.39 is 0 Å². The smallest absolute Gasteiger partial charge is 0.119 e. The summed E-state index contributed by atoms with van der Waals surface area (Å²) in [7, 11) is 0. The molecule has 0 bridgehead atoms. The van der Waals surface area contributed by atoms with Crippen LogP contribution in [-0.4, -0.2) is 55.2 Å². The average Bonchev–Trinajstić information content (AvgIpc) is 2.61. The zero-order valence-corrected chi connectivity index (χ0v) is 13.8. The minimum Gasteiger partial charge on any atom is -0.494 e. The van der Waals surface area contributed by atoms with Crippen LogP contribution in [0.1, 0.15) is 38.5 Å². The Hall–Kier alpha value is -1.06. The highest BCUT2D eigenvalue weighted by Crippen LogP contribution is 2.20. The molecule has 122 valence electrons. The number of piperidine rings is 2. The van der Waals surface area contributed by atoms with Gasteiger partial charge in [0.15, 0.2) is 0 Å². The maximum absolute atomic E-state index is 5.78. The first-order valence-electron chi connectivity index (χ1n) is 9.06. The number of likely N-dealkylation sites (tertiary alicyclic amines) is 2. The predicted molar refractivity (Wildman–Crippen MR) is 91.4 cm³/mol. The molecule has 0 N–H and O–H groups in total. The number of hydrogen-bond donors (Lipinski definition) is 0. The molecule has 0 unspecified atom stereocenters. The van der Waals surface area contributed by atoms with Crippen LogP contribution >= 0.6 is 0 Å². The molecule has 0 radical (unpaired) electrons. The van der Waals surface area contributed by atoms with Gasteiger partial charge in [-0.15, -0.1) is 0 Å². The molecule has 3 heteroatoms. The second-order valence-electron chi connectivity index (χ2n) is 6.68. The van der Waals surface area contributed by atoms with Gasteiger partial charge >= 0.3 is 0 Å². The zero-order valence-electron chi connectivity index (χ0n) is 13.8. The molecule has 0 aromatic heterocycles. The highest BCUT2D eigenvalue weighted by Gasteiger charge is 2.25. The first-order chi connectivity index (χ1) is 10.9. The normalized spacial score (nSPS) is 21.8. The van der Waals surface area contributed by atoms with Crippen molar-refractivity contribution in [2.24, 2.45) is 0 Å². The minimum atomic E-state index is 0.829. The van der Waals surface area contributed by atoms with Crippen molar-refractivity contribution in [2.75, 3.05) is 39.3 Å². The number of ether oxygens (including phenoxy) is 1. The lowest BCUT2D eigenvalue weighted by Gasteiger charge is -2.40. The summed E-state index contributed by atoms with van der Waals surface area (Å²) in [5, 5.41) is 0. The van der Waals surface area contributed by atoms with Gasteiger partial charge in [0.2, 0.25) is 0 Å². The second kappa shape index (κ2) is 8.54. The van der Waals surface area contributed by atoms with E-state index in [-0.39, 0.29) is 0 Å². The van der Waals surface area contributed by atoms with Gasteiger partial charge in [-0.05, 0) is 70.4 Å². The Bertz CT molecular complexity index is 409. The average molecular weight is 302 g/mol. The minimum absolute atomic E-state index is 0.829. The maximum atomic E-state index is 5.78. The van der Waals surface area contributed by atoms with Crippen molar-refractivity contribution in [3.63, 3.8) is 0 Å². The van der Waals surface area contributed by atoms with Crippen molar-refractivity contribution in [2.45, 2.75) is 44.6 Å². The van der Waals surface area contributed by atoms with Crippen molar-refractivity contribution >= 4 is 0 Å². The third-order valence-electron chi connectivity index (χ3n) is 5.09. The third-order valence-corrected chi connectivity index (χ3v) is 5.09. The summed E-state index contributed by atoms with van der Waals surface area (Å²) in [5.41, 5.74) is 0. The summed E-state index contributed by atoms with van der Waals surface area (Å²) in [6, 6.07) is 11.0. The van der Waals surface area contributed by atoms with Crippen LogP contribution in [0.2, 0.25) is 0 Å². The molecule has 0 amide bonds.